The normalized spacial score (nSPS) is 11.2. The molecule has 0 atom stereocenters. The van der Waals surface area contributed by atoms with Gasteiger partial charge in [-0.1, -0.05) is 26.0 Å². The highest BCUT2D eigenvalue weighted by Gasteiger charge is 2.11. The molecule has 1 N–H and O–H groups in total. The van der Waals surface area contributed by atoms with Crippen LogP contribution in [0.25, 0.3) is 5.69 Å². The molecule has 1 heterocycles. The van der Waals surface area contributed by atoms with Crippen molar-refractivity contribution in [1.82, 2.24) is 15.1 Å². The van der Waals surface area contributed by atoms with Crippen molar-refractivity contribution < 1.29 is 4.39 Å². The summed E-state index contributed by atoms with van der Waals surface area (Å²) in [5.41, 5.74) is 1.40. The molecule has 0 fully saturated rings. The summed E-state index contributed by atoms with van der Waals surface area (Å²) < 4.78 is 16.4. The Bertz CT molecular complexity index is 551. The lowest BCUT2D eigenvalue weighted by atomic mass is 10.1. The maximum atomic E-state index is 14.0. The molecular weight excluding hydrogens is 309 g/mol. The number of halogens is 2. The average Bonchev–Trinajstić information content (AvgIpc) is 2.75. The van der Waals surface area contributed by atoms with Crippen LogP contribution in [0.1, 0.15) is 19.4 Å². The number of nitrogens with one attached hydrogen (secondary N) is 1. The molecule has 1 aromatic heterocycles. The van der Waals surface area contributed by atoms with Crippen molar-refractivity contribution in [2.45, 2.75) is 20.4 Å². The Morgan fingerprint density at radius 1 is 1.42 bits per heavy atom. The first-order valence-electron chi connectivity index (χ1n) is 6.26. The highest BCUT2D eigenvalue weighted by Crippen LogP contribution is 2.20. The molecule has 1 aromatic carbocycles. The minimum Gasteiger partial charge on any atom is -0.312 e. The molecular formula is C14H17BrFN3. The third-order valence-corrected chi connectivity index (χ3v) is 3.13. The number of hydrogen-bond donors (Lipinski definition) is 1. The number of benzene rings is 1. The fraction of sp³-hybridized carbons (Fsp3) is 0.357. The van der Waals surface area contributed by atoms with Crippen LogP contribution in [0.15, 0.2) is 35.1 Å². The monoisotopic (exact) mass is 325 g/mol. The average molecular weight is 326 g/mol. The minimum absolute atomic E-state index is 0.264. The Hall–Kier alpha value is -1.20. The van der Waals surface area contributed by atoms with Gasteiger partial charge < -0.3 is 5.32 Å². The second-order valence-corrected chi connectivity index (χ2v) is 5.79. The Morgan fingerprint density at radius 2 is 2.21 bits per heavy atom. The Labute approximate surface area is 121 Å². The zero-order chi connectivity index (χ0) is 13.8. The molecule has 0 spiro atoms. The molecule has 0 saturated carbocycles. The molecule has 0 saturated heterocycles. The van der Waals surface area contributed by atoms with Gasteiger partial charge in [-0.3, -0.25) is 0 Å². The van der Waals surface area contributed by atoms with E-state index in [1.165, 1.54) is 6.07 Å². The molecule has 5 heteroatoms. The second-order valence-electron chi connectivity index (χ2n) is 4.88. The Morgan fingerprint density at radius 3 is 2.84 bits per heavy atom. The smallest absolute Gasteiger partial charge is 0.149 e. The van der Waals surface area contributed by atoms with E-state index in [-0.39, 0.29) is 5.82 Å². The van der Waals surface area contributed by atoms with Crippen molar-refractivity contribution >= 4 is 15.9 Å². The molecule has 19 heavy (non-hydrogen) atoms. The van der Waals surface area contributed by atoms with E-state index in [9.17, 15) is 4.39 Å². The molecule has 0 bridgehead atoms. The summed E-state index contributed by atoms with van der Waals surface area (Å²) >= 11 is 3.33. The van der Waals surface area contributed by atoms with Gasteiger partial charge in [0.1, 0.15) is 11.5 Å². The van der Waals surface area contributed by atoms with E-state index in [2.05, 4.69) is 40.2 Å². The SMILES string of the molecule is CC(C)CNCc1cccc(F)c1-n1cc(Br)cn1. The number of nitrogens with zero attached hydrogens (tertiary/aromatic N) is 2. The van der Waals surface area contributed by atoms with Crippen LogP contribution in [0.3, 0.4) is 0 Å². The Kier molecular flexibility index (Phi) is 4.71. The molecule has 0 aliphatic carbocycles. The summed E-state index contributed by atoms with van der Waals surface area (Å²) in [6.07, 6.45) is 3.40. The van der Waals surface area contributed by atoms with Crippen LogP contribution in [0.2, 0.25) is 0 Å². The van der Waals surface area contributed by atoms with Crippen LogP contribution in [0, 0.1) is 11.7 Å². The van der Waals surface area contributed by atoms with Gasteiger partial charge in [0.2, 0.25) is 0 Å². The van der Waals surface area contributed by atoms with Gasteiger partial charge in [-0.15, -0.1) is 0 Å². The third-order valence-electron chi connectivity index (χ3n) is 2.72. The van der Waals surface area contributed by atoms with E-state index in [4.69, 9.17) is 0 Å². The van der Waals surface area contributed by atoms with Crippen molar-refractivity contribution in [3.63, 3.8) is 0 Å². The van der Waals surface area contributed by atoms with E-state index in [1.54, 1.807) is 23.1 Å². The van der Waals surface area contributed by atoms with Gasteiger partial charge in [0.15, 0.2) is 0 Å². The van der Waals surface area contributed by atoms with Gasteiger partial charge in [0, 0.05) is 12.7 Å². The molecule has 2 rings (SSSR count). The molecule has 0 unspecified atom stereocenters. The predicted octanol–water partition coefficient (Wildman–Crippen LogP) is 3.52. The number of hydrogen-bond acceptors (Lipinski definition) is 2. The maximum absolute atomic E-state index is 14.0. The minimum atomic E-state index is -0.264. The van der Waals surface area contributed by atoms with Crippen molar-refractivity contribution in [1.29, 1.82) is 0 Å². The lowest BCUT2D eigenvalue weighted by molar-refractivity contribution is 0.547. The zero-order valence-corrected chi connectivity index (χ0v) is 12.6. The zero-order valence-electron chi connectivity index (χ0n) is 11.0. The quantitative estimate of drug-likeness (QED) is 0.911. The molecule has 0 amide bonds. The van der Waals surface area contributed by atoms with Crippen LogP contribution in [-0.4, -0.2) is 16.3 Å². The summed E-state index contributed by atoms with van der Waals surface area (Å²) in [5, 5.41) is 7.48. The highest BCUT2D eigenvalue weighted by molar-refractivity contribution is 9.10. The summed E-state index contributed by atoms with van der Waals surface area (Å²) in [6.45, 7) is 5.82. The molecule has 102 valence electrons. The van der Waals surface area contributed by atoms with Crippen LogP contribution < -0.4 is 5.32 Å². The van der Waals surface area contributed by atoms with Gasteiger partial charge in [0.25, 0.3) is 0 Å². The lowest BCUT2D eigenvalue weighted by Gasteiger charge is -2.12. The van der Waals surface area contributed by atoms with Crippen molar-refractivity contribution in [3.05, 3.63) is 46.4 Å². The Balaban J connectivity index is 2.26. The number of para-hydroxylation sites is 1. The van der Waals surface area contributed by atoms with Crippen molar-refractivity contribution in [2.24, 2.45) is 5.92 Å². The summed E-state index contributed by atoms with van der Waals surface area (Å²) in [4.78, 5) is 0. The highest BCUT2D eigenvalue weighted by atomic mass is 79.9. The first-order chi connectivity index (χ1) is 9.08. The van der Waals surface area contributed by atoms with E-state index in [0.29, 0.717) is 18.2 Å². The second kappa shape index (κ2) is 6.30. The molecule has 0 aliphatic heterocycles. The fourth-order valence-corrected chi connectivity index (χ4v) is 2.16. The number of aromatic nitrogens is 2. The van der Waals surface area contributed by atoms with Crippen molar-refractivity contribution in [3.8, 4) is 5.69 Å². The number of rotatable bonds is 5. The van der Waals surface area contributed by atoms with Gasteiger partial charge in [-0.25, -0.2) is 9.07 Å². The topological polar surface area (TPSA) is 29.9 Å². The van der Waals surface area contributed by atoms with Gasteiger partial charge in [0.05, 0.1) is 10.7 Å². The fourth-order valence-electron chi connectivity index (χ4n) is 1.88. The van der Waals surface area contributed by atoms with Gasteiger partial charge in [-0.05, 0) is 40.0 Å². The standard InChI is InChI=1S/C14H17BrFN3/c1-10(2)6-17-7-11-4-3-5-13(16)14(11)19-9-12(15)8-18-19/h3-5,8-10,17H,6-7H2,1-2H3. The lowest BCUT2D eigenvalue weighted by Crippen LogP contribution is -2.20. The van der Waals surface area contributed by atoms with E-state index >= 15 is 0 Å². The maximum Gasteiger partial charge on any atom is 0.149 e. The van der Waals surface area contributed by atoms with Gasteiger partial charge in [-0.2, -0.15) is 5.10 Å². The summed E-state index contributed by atoms with van der Waals surface area (Å²) in [5.74, 6) is 0.301. The van der Waals surface area contributed by atoms with Crippen LogP contribution in [0.4, 0.5) is 4.39 Å². The van der Waals surface area contributed by atoms with E-state index in [0.717, 1.165) is 16.6 Å². The summed E-state index contributed by atoms with van der Waals surface area (Å²) in [6, 6.07) is 5.10. The first-order valence-corrected chi connectivity index (χ1v) is 7.06. The van der Waals surface area contributed by atoms with Gasteiger partial charge >= 0.3 is 0 Å². The van der Waals surface area contributed by atoms with E-state index < -0.39 is 0 Å². The van der Waals surface area contributed by atoms with Crippen LogP contribution >= 0.6 is 15.9 Å². The largest absolute Gasteiger partial charge is 0.312 e. The van der Waals surface area contributed by atoms with Crippen LogP contribution in [0.5, 0.6) is 0 Å². The molecule has 3 nitrogen and oxygen atoms in total. The predicted molar refractivity (Wildman–Crippen MR) is 77.8 cm³/mol. The van der Waals surface area contributed by atoms with Crippen LogP contribution in [-0.2, 0) is 6.54 Å². The summed E-state index contributed by atoms with van der Waals surface area (Å²) in [7, 11) is 0. The molecule has 0 aliphatic rings. The molecule has 2 aromatic rings. The van der Waals surface area contributed by atoms with Crippen molar-refractivity contribution in [2.75, 3.05) is 6.54 Å². The van der Waals surface area contributed by atoms with E-state index in [1.807, 2.05) is 6.07 Å². The third kappa shape index (κ3) is 3.64. The molecule has 0 radical (unpaired) electrons. The first kappa shape index (κ1) is 14.2.